The molecule has 11 fully saturated rings. The second-order valence-corrected chi connectivity index (χ2v) is 28.0. The first-order chi connectivity index (χ1) is 37.4. The van der Waals surface area contributed by atoms with Crippen molar-refractivity contribution in [2.24, 2.45) is 11.8 Å². The Hall–Kier alpha value is -2.09. The fourth-order valence-corrected chi connectivity index (χ4v) is 16.4. The fraction of sp³-hybridized carbons (Fsp3) is 0.873. The number of aliphatic carboxylic acids is 1. The molecule has 5 N–H and O–H groups in total. The summed E-state index contributed by atoms with van der Waals surface area (Å²) in [6, 6.07) is 0. The lowest BCUT2D eigenvalue weighted by Crippen LogP contribution is -2.74. The summed E-state index contributed by atoms with van der Waals surface area (Å²) in [6.45, 7) is 18.7. The number of aliphatic hydroxyl groups is 2. The zero-order valence-corrected chi connectivity index (χ0v) is 48.0. The molecule has 0 amide bonds. The van der Waals surface area contributed by atoms with Gasteiger partial charge in [-0.25, -0.2) is 8.37 Å². The molecule has 11 aliphatic rings. The molecule has 0 aromatic carbocycles. The normalized spacial score (nSPS) is 50.4. The summed E-state index contributed by atoms with van der Waals surface area (Å²) >= 11 is 0. The van der Waals surface area contributed by atoms with Gasteiger partial charge in [0.1, 0.15) is 35.6 Å². The molecular formula is C55H82O23S2. The average Bonchev–Trinajstić information content (AvgIpc) is 3.67. The highest BCUT2D eigenvalue weighted by atomic mass is 32.3. The summed E-state index contributed by atoms with van der Waals surface area (Å²) in [7, 11) is -9.75. The third-order valence-electron chi connectivity index (χ3n) is 20.0. The lowest BCUT2D eigenvalue weighted by molar-refractivity contribution is -0.369. The van der Waals surface area contributed by atoms with Gasteiger partial charge in [0.2, 0.25) is 0 Å². The minimum atomic E-state index is -4.96. The van der Waals surface area contributed by atoms with Gasteiger partial charge in [-0.2, -0.15) is 16.8 Å². The van der Waals surface area contributed by atoms with E-state index in [0.717, 1.165) is 6.42 Å². The van der Waals surface area contributed by atoms with Crippen LogP contribution < -0.4 is 0 Å². The highest BCUT2D eigenvalue weighted by Crippen LogP contribution is 2.54. The fourth-order valence-electron chi connectivity index (χ4n) is 15.5. The highest BCUT2D eigenvalue weighted by molar-refractivity contribution is 7.81. The minimum Gasteiger partial charge on any atom is -0.481 e. The topological polar surface area (TPSA) is 306 Å². The molecule has 11 saturated heterocycles. The number of carbonyl (C=O) groups is 1. The van der Waals surface area contributed by atoms with Crippen molar-refractivity contribution in [2.75, 3.05) is 6.61 Å². The van der Waals surface area contributed by atoms with E-state index in [-0.39, 0.29) is 67.9 Å². The molecule has 27 unspecified atom stereocenters. The zero-order chi connectivity index (χ0) is 57.3. The molecule has 0 aliphatic carbocycles. The van der Waals surface area contributed by atoms with Crippen LogP contribution in [0, 0.1) is 11.8 Å². The van der Waals surface area contributed by atoms with Gasteiger partial charge in [-0.05, 0) is 84.6 Å². The Morgan fingerprint density at radius 1 is 0.713 bits per heavy atom. The first kappa shape index (κ1) is 59.6. The van der Waals surface area contributed by atoms with Crippen LogP contribution in [0.4, 0.5) is 0 Å². The predicted octanol–water partition coefficient (Wildman–Crippen LogP) is 4.20. The first-order valence-electron chi connectivity index (χ1n) is 28.6. The van der Waals surface area contributed by atoms with Crippen LogP contribution in [0.2, 0.25) is 0 Å². The molecule has 23 nitrogen and oxygen atoms in total. The Balaban J connectivity index is 0.747. The maximum Gasteiger partial charge on any atom is 0.397 e. The largest absolute Gasteiger partial charge is 0.481 e. The molecule has 11 aliphatic heterocycles. The van der Waals surface area contributed by atoms with Crippen LogP contribution in [0.1, 0.15) is 131 Å². The van der Waals surface area contributed by atoms with Crippen LogP contribution in [0.25, 0.3) is 0 Å². The van der Waals surface area contributed by atoms with E-state index in [1.165, 1.54) is 25.2 Å². The number of carboxylic acids is 1. The summed E-state index contributed by atoms with van der Waals surface area (Å²) in [5, 5.41) is 33.7. The molecule has 0 radical (unpaired) electrons. The number of ether oxygens (including phenoxy) is 11. The van der Waals surface area contributed by atoms with E-state index in [2.05, 4.69) is 38.1 Å². The summed E-state index contributed by atoms with van der Waals surface area (Å²) < 4.78 is 151. The number of aliphatic hydroxyl groups excluding tert-OH is 1. The van der Waals surface area contributed by atoms with Crippen molar-refractivity contribution < 1.29 is 107 Å². The second-order valence-electron chi connectivity index (χ2n) is 25.9. The van der Waals surface area contributed by atoms with E-state index in [4.69, 9.17) is 60.8 Å². The third-order valence-corrected chi connectivity index (χ3v) is 20.9. The average molecular weight is 1180 g/mol. The van der Waals surface area contributed by atoms with Crippen molar-refractivity contribution in [3.8, 4) is 0 Å². The van der Waals surface area contributed by atoms with Crippen molar-refractivity contribution in [1.29, 1.82) is 0 Å². The maximum absolute atomic E-state index is 12.3. The Labute approximate surface area is 468 Å². The SMILES string of the molecule is C=CCC(/C=C/C(C)(O)C1OC2CC3OC4CC5OC6CC7OC8CC9OC%10CC%11OC(C)(CCOS(=O)(=O)O)C(OS(=O)(=O)O)CC%11OC%10CC9OC8CCC7(C)OC6(C)CCC(C)C5OC4C(O)C3(C)OC2CC1=C)C(=O)O. The zero-order valence-electron chi connectivity index (χ0n) is 46.4. The van der Waals surface area contributed by atoms with Crippen LogP contribution in [0.3, 0.4) is 0 Å². The van der Waals surface area contributed by atoms with Gasteiger partial charge >= 0.3 is 26.8 Å². The standard InChI is InChI=1S/C55H82O23S2/c1-9-10-29(50(57)58)12-14-51(4,59)49-28(3)19-38-37(73-49)25-45-55(8,76-38)48(56)47-41(72-45)23-40-46(74-47)27(2)11-15-53(6)43(71-40)26-42-54(7,78-53)16-13-30-31(70-42)20-33-32(67-30)21-34-35(68-33)22-39-36(69-34)24-44(77-80(63,64)65)52(5,75-39)17-18-66-79(60,61)62/h9,12,14,27,29-49,56,59H,1,3,10-11,13,15-26H2,2,4-8H3,(H,57,58)(H,60,61,62)(H,63,64,65)/b14-12+. The van der Waals surface area contributed by atoms with E-state index < -0.39 is 147 Å². The lowest BCUT2D eigenvalue weighted by atomic mass is 9.73. The van der Waals surface area contributed by atoms with Crippen LogP contribution in [-0.2, 0) is 86.1 Å². The number of carboxylic acid groups (broad SMARTS) is 1. The van der Waals surface area contributed by atoms with Crippen molar-refractivity contribution >= 4 is 26.8 Å². The molecule has 80 heavy (non-hydrogen) atoms. The molecule has 0 saturated carbocycles. The van der Waals surface area contributed by atoms with Crippen LogP contribution in [0.5, 0.6) is 0 Å². The second kappa shape index (κ2) is 21.7. The first-order valence-corrected chi connectivity index (χ1v) is 31.4. The molecule has 452 valence electrons. The van der Waals surface area contributed by atoms with E-state index in [1.54, 1.807) is 6.92 Å². The Morgan fingerprint density at radius 3 is 1.91 bits per heavy atom. The van der Waals surface area contributed by atoms with Gasteiger partial charge in [-0.15, -0.1) is 6.58 Å². The molecule has 0 spiro atoms. The summed E-state index contributed by atoms with van der Waals surface area (Å²) in [4.78, 5) is 11.9. The van der Waals surface area contributed by atoms with E-state index >= 15 is 0 Å². The summed E-state index contributed by atoms with van der Waals surface area (Å²) in [5.74, 6) is -1.86. The summed E-state index contributed by atoms with van der Waals surface area (Å²) in [5.41, 5.74) is -4.96. The van der Waals surface area contributed by atoms with E-state index in [9.17, 15) is 41.5 Å². The quantitative estimate of drug-likeness (QED) is 0.135. The molecule has 11 rings (SSSR count). The molecule has 25 heteroatoms. The molecule has 11 heterocycles. The monoisotopic (exact) mass is 1170 g/mol. The number of hydrogen-bond donors (Lipinski definition) is 5. The Bertz CT molecular complexity index is 2600. The smallest absolute Gasteiger partial charge is 0.397 e. The third kappa shape index (κ3) is 11.6. The van der Waals surface area contributed by atoms with Crippen molar-refractivity contribution in [1.82, 2.24) is 0 Å². The Morgan fingerprint density at radius 2 is 1.27 bits per heavy atom. The Kier molecular flexibility index (Phi) is 16.2. The van der Waals surface area contributed by atoms with Gasteiger partial charge in [0.15, 0.2) is 0 Å². The van der Waals surface area contributed by atoms with Gasteiger partial charge in [0.05, 0.1) is 127 Å². The van der Waals surface area contributed by atoms with E-state index in [0.29, 0.717) is 69.8 Å². The van der Waals surface area contributed by atoms with Crippen LogP contribution >= 0.6 is 0 Å². The molecule has 27 atom stereocenters. The number of hydrogen-bond acceptors (Lipinski definition) is 20. The molecule has 0 bridgehead atoms. The van der Waals surface area contributed by atoms with Gasteiger partial charge in [0.25, 0.3) is 0 Å². The van der Waals surface area contributed by atoms with Crippen LogP contribution in [0.15, 0.2) is 37.0 Å². The molecule has 0 aromatic rings. The highest BCUT2D eigenvalue weighted by Gasteiger charge is 2.65. The molecule has 0 aromatic heterocycles. The van der Waals surface area contributed by atoms with Gasteiger partial charge in [-0.1, -0.05) is 31.7 Å². The van der Waals surface area contributed by atoms with Crippen LogP contribution in [-0.4, -0.2) is 204 Å². The van der Waals surface area contributed by atoms with Gasteiger partial charge in [-0.3, -0.25) is 13.9 Å². The predicted molar refractivity (Wildman–Crippen MR) is 278 cm³/mol. The van der Waals surface area contributed by atoms with Gasteiger partial charge < -0.3 is 67.4 Å². The van der Waals surface area contributed by atoms with Gasteiger partial charge in [0, 0.05) is 51.4 Å². The van der Waals surface area contributed by atoms with Crippen molar-refractivity contribution in [2.45, 2.75) is 282 Å². The van der Waals surface area contributed by atoms with E-state index in [1.807, 2.05) is 6.92 Å². The lowest BCUT2D eigenvalue weighted by Gasteiger charge is -2.61. The minimum absolute atomic E-state index is 0.00733. The summed E-state index contributed by atoms with van der Waals surface area (Å²) in [6.07, 6.45) is -0.633. The molecular weight excluding hydrogens is 1090 g/mol. The number of rotatable bonds is 12. The maximum atomic E-state index is 12.3. The number of allylic oxidation sites excluding steroid dienone is 1. The van der Waals surface area contributed by atoms with Crippen molar-refractivity contribution in [3.05, 3.63) is 37.0 Å². The number of fused-ring (bicyclic) bond motifs is 10. The van der Waals surface area contributed by atoms with Crippen molar-refractivity contribution in [3.63, 3.8) is 0 Å².